The largest absolute Gasteiger partial charge is 0.382 e. The van der Waals surface area contributed by atoms with Crippen molar-refractivity contribution in [3.63, 3.8) is 0 Å². The van der Waals surface area contributed by atoms with Crippen LogP contribution >= 0.6 is 15.9 Å². The second-order valence-corrected chi connectivity index (χ2v) is 3.95. The molecule has 1 N–H and O–H groups in total. The molecular weight excluding hydrogens is 254 g/mol. The summed E-state index contributed by atoms with van der Waals surface area (Å²) >= 11 is 3.47. The molecule has 0 bridgehead atoms. The third-order valence-electron chi connectivity index (χ3n) is 1.90. The highest BCUT2D eigenvalue weighted by Crippen LogP contribution is 2.20. The Labute approximate surface area is 99.5 Å². The van der Waals surface area contributed by atoms with E-state index in [9.17, 15) is 0 Å². The number of para-hydroxylation sites is 1. The fraction of sp³-hybridized carbons (Fsp3) is 0.333. The number of hydrogen-bond acceptors (Lipinski definition) is 2. The summed E-state index contributed by atoms with van der Waals surface area (Å²) in [7, 11) is 0. The predicted octanol–water partition coefficient (Wildman–Crippen LogP) is 3.45. The highest BCUT2D eigenvalue weighted by molar-refractivity contribution is 9.10. The van der Waals surface area contributed by atoms with Crippen LogP contribution in [0.4, 0.5) is 5.69 Å². The fourth-order valence-electron chi connectivity index (χ4n) is 1.13. The van der Waals surface area contributed by atoms with Gasteiger partial charge in [0.15, 0.2) is 0 Å². The van der Waals surface area contributed by atoms with Crippen LogP contribution in [0.15, 0.2) is 41.4 Å². The Hall–Kier alpha value is -0.800. The van der Waals surface area contributed by atoms with Gasteiger partial charge in [0.05, 0.1) is 13.2 Å². The van der Waals surface area contributed by atoms with E-state index in [4.69, 9.17) is 4.74 Å². The van der Waals surface area contributed by atoms with Crippen molar-refractivity contribution in [2.24, 2.45) is 0 Å². The van der Waals surface area contributed by atoms with Crippen molar-refractivity contribution in [1.29, 1.82) is 0 Å². The van der Waals surface area contributed by atoms with Crippen LogP contribution in [0.25, 0.3) is 0 Å². The first-order valence-electron chi connectivity index (χ1n) is 5.01. The summed E-state index contributed by atoms with van der Waals surface area (Å²) < 4.78 is 6.47. The molecule has 0 amide bonds. The normalized spacial score (nSPS) is 9.93. The number of nitrogens with one attached hydrogen (secondary N) is 1. The van der Waals surface area contributed by atoms with E-state index in [1.807, 2.05) is 30.3 Å². The zero-order valence-corrected chi connectivity index (χ0v) is 10.3. The molecule has 0 fully saturated rings. The van der Waals surface area contributed by atoms with Gasteiger partial charge in [0.2, 0.25) is 0 Å². The van der Waals surface area contributed by atoms with Gasteiger partial charge in [0.25, 0.3) is 0 Å². The van der Waals surface area contributed by atoms with Crippen LogP contribution in [-0.4, -0.2) is 19.8 Å². The molecular formula is C12H16BrNO. The lowest BCUT2D eigenvalue weighted by atomic mass is 10.3. The minimum Gasteiger partial charge on any atom is -0.382 e. The third kappa shape index (κ3) is 5.00. The lowest BCUT2D eigenvalue weighted by Crippen LogP contribution is -2.10. The quantitative estimate of drug-likeness (QED) is 0.605. The first-order chi connectivity index (χ1) is 7.34. The lowest BCUT2D eigenvalue weighted by molar-refractivity contribution is 0.149. The second kappa shape index (κ2) is 7.49. The van der Waals surface area contributed by atoms with E-state index in [0.29, 0.717) is 0 Å². The molecule has 82 valence electrons. The molecule has 0 saturated carbocycles. The van der Waals surface area contributed by atoms with Crippen LogP contribution in [-0.2, 0) is 4.74 Å². The summed E-state index contributed by atoms with van der Waals surface area (Å²) in [6.45, 7) is 5.92. The predicted molar refractivity (Wildman–Crippen MR) is 68.3 cm³/mol. The Morgan fingerprint density at radius 1 is 1.33 bits per heavy atom. The van der Waals surface area contributed by atoms with E-state index >= 15 is 0 Å². The molecule has 0 aromatic heterocycles. The van der Waals surface area contributed by atoms with E-state index in [-0.39, 0.29) is 0 Å². The topological polar surface area (TPSA) is 21.3 Å². The van der Waals surface area contributed by atoms with Crippen LogP contribution in [0.2, 0.25) is 0 Å². The standard InChI is InChI=1S/C12H16BrNO/c1-2-3-9-15-10-8-14-12-7-5-4-6-11(12)13/h2,4-7,14H,1,3,8-10H2. The summed E-state index contributed by atoms with van der Waals surface area (Å²) in [5.41, 5.74) is 1.10. The second-order valence-electron chi connectivity index (χ2n) is 3.10. The highest BCUT2D eigenvalue weighted by atomic mass is 79.9. The zero-order chi connectivity index (χ0) is 10.9. The Morgan fingerprint density at radius 3 is 2.87 bits per heavy atom. The molecule has 15 heavy (non-hydrogen) atoms. The molecule has 0 saturated heterocycles. The van der Waals surface area contributed by atoms with Crippen LogP contribution in [0.5, 0.6) is 0 Å². The molecule has 0 aliphatic heterocycles. The highest BCUT2D eigenvalue weighted by Gasteiger charge is 1.95. The number of rotatable bonds is 7. The Balaban J connectivity index is 2.15. The van der Waals surface area contributed by atoms with Crippen molar-refractivity contribution in [2.45, 2.75) is 6.42 Å². The molecule has 0 aliphatic rings. The number of benzene rings is 1. The Bertz CT molecular complexity index is 301. The first kappa shape index (κ1) is 12.3. The summed E-state index contributed by atoms with van der Waals surface area (Å²) in [6, 6.07) is 8.05. The number of anilines is 1. The average molecular weight is 270 g/mol. The minimum atomic E-state index is 0.717. The Kier molecular flexibility index (Phi) is 6.12. The van der Waals surface area contributed by atoms with Gasteiger partial charge in [-0.3, -0.25) is 0 Å². The van der Waals surface area contributed by atoms with E-state index in [0.717, 1.165) is 36.3 Å². The van der Waals surface area contributed by atoms with Gasteiger partial charge in [-0.25, -0.2) is 0 Å². The number of halogens is 1. The van der Waals surface area contributed by atoms with E-state index in [2.05, 4.69) is 27.8 Å². The van der Waals surface area contributed by atoms with Gasteiger partial charge >= 0.3 is 0 Å². The number of ether oxygens (including phenoxy) is 1. The van der Waals surface area contributed by atoms with Crippen LogP contribution in [0.3, 0.4) is 0 Å². The van der Waals surface area contributed by atoms with Crippen LogP contribution < -0.4 is 5.32 Å². The molecule has 0 atom stereocenters. The van der Waals surface area contributed by atoms with E-state index in [1.165, 1.54) is 0 Å². The van der Waals surface area contributed by atoms with Crippen molar-refractivity contribution in [1.82, 2.24) is 0 Å². The third-order valence-corrected chi connectivity index (χ3v) is 2.59. The fourth-order valence-corrected chi connectivity index (χ4v) is 1.56. The maximum Gasteiger partial charge on any atom is 0.0639 e. The summed E-state index contributed by atoms with van der Waals surface area (Å²) in [5.74, 6) is 0. The van der Waals surface area contributed by atoms with Crippen LogP contribution in [0, 0.1) is 0 Å². The molecule has 0 unspecified atom stereocenters. The molecule has 0 aliphatic carbocycles. The molecule has 3 heteroatoms. The summed E-state index contributed by atoms with van der Waals surface area (Å²) in [6.07, 6.45) is 2.77. The zero-order valence-electron chi connectivity index (χ0n) is 8.71. The molecule has 1 aromatic rings. The molecule has 0 radical (unpaired) electrons. The van der Waals surface area contributed by atoms with Gasteiger partial charge in [-0.2, -0.15) is 0 Å². The maximum atomic E-state index is 5.39. The molecule has 0 spiro atoms. The van der Waals surface area contributed by atoms with Gasteiger partial charge in [-0.15, -0.1) is 6.58 Å². The van der Waals surface area contributed by atoms with Crippen molar-refractivity contribution in [3.05, 3.63) is 41.4 Å². The summed E-state index contributed by atoms with van der Waals surface area (Å²) in [5, 5.41) is 3.29. The van der Waals surface area contributed by atoms with Gasteiger partial charge in [-0.05, 0) is 34.5 Å². The molecule has 1 aromatic carbocycles. The first-order valence-corrected chi connectivity index (χ1v) is 5.81. The van der Waals surface area contributed by atoms with E-state index < -0.39 is 0 Å². The Morgan fingerprint density at radius 2 is 2.13 bits per heavy atom. The molecule has 1 rings (SSSR count). The van der Waals surface area contributed by atoms with Gasteiger partial charge < -0.3 is 10.1 Å². The van der Waals surface area contributed by atoms with Gasteiger partial charge in [-0.1, -0.05) is 18.2 Å². The van der Waals surface area contributed by atoms with E-state index in [1.54, 1.807) is 0 Å². The minimum absolute atomic E-state index is 0.717. The lowest BCUT2D eigenvalue weighted by Gasteiger charge is -2.08. The summed E-state index contributed by atoms with van der Waals surface area (Å²) in [4.78, 5) is 0. The number of hydrogen-bond donors (Lipinski definition) is 1. The monoisotopic (exact) mass is 269 g/mol. The van der Waals surface area contributed by atoms with Crippen molar-refractivity contribution in [2.75, 3.05) is 25.1 Å². The van der Waals surface area contributed by atoms with Gasteiger partial charge in [0.1, 0.15) is 0 Å². The molecule has 0 heterocycles. The van der Waals surface area contributed by atoms with Crippen molar-refractivity contribution in [3.8, 4) is 0 Å². The van der Waals surface area contributed by atoms with Crippen molar-refractivity contribution >= 4 is 21.6 Å². The van der Waals surface area contributed by atoms with Gasteiger partial charge in [0, 0.05) is 16.7 Å². The smallest absolute Gasteiger partial charge is 0.0639 e. The SMILES string of the molecule is C=CCCOCCNc1ccccc1Br. The maximum absolute atomic E-state index is 5.39. The van der Waals surface area contributed by atoms with Crippen molar-refractivity contribution < 1.29 is 4.74 Å². The average Bonchev–Trinajstić information content (AvgIpc) is 2.25. The molecule has 2 nitrogen and oxygen atoms in total. The van der Waals surface area contributed by atoms with Crippen LogP contribution in [0.1, 0.15) is 6.42 Å².